The number of nitrogens with one attached hydrogen (secondary N) is 3. The fourth-order valence-corrected chi connectivity index (χ4v) is 2.96. The normalized spacial score (nSPS) is 11.6. The number of amides is 3. The van der Waals surface area contributed by atoms with Gasteiger partial charge in [0.15, 0.2) is 0 Å². The second-order valence-electron chi connectivity index (χ2n) is 7.51. The first-order valence-electron chi connectivity index (χ1n) is 9.74. The lowest BCUT2D eigenvalue weighted by Gasteiger charge is -2.18. The van der Waals surface area contributed by atoms with Crippen LogP contribution in [0, 0.1) is 6.92 Å². The highest BCUT2D eigenvalue weighted by Gasteiger charge is 2.17. The van der Waals surface area contributed by atoms with Crippen LogP contribution in [-0.2, 0) is 20.8 Å². The van der Waals surface area contributed by atoms with Gasteiger partial charge in [-0.3, -0.25) is 14.4 Å². The Morgan fingerprint density at radius 1 is 0.862 bits per heavy atom. The van der Waals surface area contributed by atoms with Crippen molar-refractivity contribution < 1.29 is 14.4 Å². The predicted octanol–water partition coefficient (Wildman–Crippen LogP) is 3.27. The molecule has 6 heteroatoms. The zero-order chi connectivity index (χ0) is 21.4. The van der Waals surface area contributed by atoms with Crippen molar-refractivity contribution >= 4 is 23.4 Å². The number of rotatable bonds is 8. The van der Waals surface area contributed by atoms with Gasteiger partial charge in [0.25, 0.3) is 0 Å². The topological polar surface area (TPSA) is 87.3 Å². The van der Waals surface area contributed by atoms with Gasteiger partial charge in [-0.05, 0) is 44.0 Å². The molecule has 3 N–H and O–H groups in total. The van der Waals surface area contributed by atoms with E-state index in [0.717, 1.165) is 16.7 Å². The minimum atomic E-state index is -0.396. The van der Waals surface area contributed by atoms with Crippen LogP contribution in [0.2, 0.25) is 0 Å². The van der Waals surface area contributed by atoms with Crippen molar-refractivity contribution in [3.8, 4) is 0 Å². The van der Waals surface area contributed by atoms with E-state index in [1.165, 1.54) is 6.92 Å². The Morgan fingerprint density at radius 2 is 1.48 bits per heavy atom. The summed E-state index contributed by atoms with van der Waals surface area (Å²) in [5, 5.41) is 8.53. The molecule has 0 bridgehead atoms. The zero-order valence-electron chi connectivity index (χ0n) is 17.4. The van der Waals surface area contributed by atoms with Crippen molar-refractivity contribution in [2.24, 2.45) is 0 Å². The third-order valence-corrected chi connectivity index (χ3v) is 4.30. The van der Waals surface area contributed by atoms with Gasteiger partial charge in [-0.15, -0.1) is 0 Å². The first kappa shape index (κ1) is 22.1. The molecule has 0 aromatic heterocycles. The van der Waals surface area contributed by atoms with Crippen molar-refractivity contribution in [3.05, 3.63) is 65.2 Å². The van der Waals surface area contributed by atoms with Crippen LogP contribution in [0.25, 0.3) is 0 Å². The average molecular weight is 396 g/mol. The molecule has 0 fully saturated rings. The zero-order valence-corrected chi connectivity index (χ0v) is 17.4. The van der Waals surface area contributed by atoms with Gasteiger partial charge in [0.2, 0.25) is 17.7 Å². The minimum absolute atomic E-state index is 0.0342. The van der Waals surface area contributed by atoms with Gasteiger partial charge >= 0.3 is 0 Å². The molecule has 154 valence electrons. The van der Waals surface area contributed by atoms with Crippen LogP contribution in [0.1, 0.15) is 49.9 Å². The molecule has 0 aliphatic heterocycles. The maximum atomic E-state index is 12.5. The molecule has 6 nitrogen and oxygen atoms in total. The van der Waals surface area contributed by atoms with Gasteiger partial charge in [-0.1, -0.05) is 42.0 Å². The van der Waals surface area contributed by atoms with Gasteiger partial charge in [0, 0.05) is 18.7 Å². The van der Waals surface area contributed by atoms with E-state index in [2.05, 4.69) is 16.0 Å². The molecule has 0 spiro atoms. The van der Waals surface area contributed by atoms with Crippen LogP contribution in [0.3, 0.4) is 0 Å². The van der Waals surface area contributed by atoms with Crippen molar-refractivity contribution in [1.29, 1.82) is 0 Å². The van der Waals surface area contributed by atoms with E-state index < -0.39 is 6.04 Å². The Labute approximate surface area is 172 Å². The van der Waals surface area contributed by atoms with Crippen LogP contribution < -0.4 is 16.0 Å². The quantitative estimate of drug-likeness (QED) is 0.641. The molecule has 0 heterocycles. The van der Waals surface area contributed by atoms with E-state index in [0.29, 0.717) is 12.1 Å². The molecule has 1 unspecified atom stereocenters. The Hall–Kier alpha value is -3.15. The number of hydrogen-bond donors (Lipinski definition) is 3. The summed E-state index contributed by atoms with van der Waals surface area (Å²) in [7, 11) is 0. The molecule has 29 heavy (non-hydrogen) atoms. The van der Waals surface area contributed by atoms with Gasteiger partial charge in [-0.25, -0.2) is 0 Å². The maximum Gasteiger partial charge on any atom is 0.226 e. The maximum absolute atomic E-state index is 12.5. The van der Waals surface area contributed by atoms with E-state index in [9.17, 15) is 14.4 Å². The Balaban J connectivity index is 1.97. The van der Waals surface area contributed by atoms with E-state index in [1.807, 2.05) is 57.2 Å². The highest BCUT2D eigenvalue weighted by molar-refractivity contribution is 5.91. The molecule has 1 atom stereocenters. The first-order valence-corrected chi connectivity index (χ1v) is 9.74. The summed E-state index contributed by atoms with van der Waals surface area (Å²) in [6.45, 7) is 7.26. The van der Waals surface area contributed by atoms with Crippen LogP contribution in [0.15, 0.2) is 48.5 Å². The number of carbonyl (C=O) groups excluding carboxylic acids is 3. The monoisotopic (exact) mass is 395 g/mol. The Morgan fingerprint density at radius 3 is 2.03 bits per heavy atom. The summed E-state index contributed by atoms with van der Waals surface area (Å²) in [4.78, 5) is 35.9. The number of hydrogen-bond acceptors (Lipinski definition) is 3. The van der Waals surface area contributed by atoms with E-state index in [1.54, 1.807) is 12.1 Å². The van der Waals surface area contributed by atoms with Crippen LogP contribution in [-0.4, -0.2) is 23.8 Å². The van der Waals surface area contributed by atoms with Crippen molar-refractivity contribution in [1.82, 2.24) is 10.6 Å². The average Bonchev–Trinajstić information content (AvgIpc) is 2.62. The molecule has 3 amide bonds. The summed E-state index contributed by atoms with van der Waals surface area (Å²) in [6.07, 6.45) is 0.422. The van der Waals surface area contributed by atoms with Crippen LogP contribution in [0.5, 0.6) is 0 Å². The van der Waals surface area contributed by atoms with Crippen molar-refractivity contribution in [2.45, 2.75) is 52.6 Å². The summed E-state index contributed by atoms with van der Waals surface area (Å²) < 4.78 is 0. The van der Waals surface area contributed by atoms with E-state index >= 15 is 0 Å². The molecule has 0 aliphatic carbocycles. The van der Waals surface area contributed by atoms with Crippen LogP contribution in [0.4, 0.5) is 5.69 Å². The fourth-order valence-electron chi connectivity index (χ4n) is 2.96. The first-order chi connectivity index (χ1) is 13.7. The van der Waals surface area contributed by atoms with Crippen molar-refractivity contribution in [3.63, 3.8) is 0 Å². The second-order valence-corrected chi connectivity index (χ2v) is 7.51. The third-order valence-electron chi connectivity index (χ3n) is 4.30. The summed E-state index contributed by atoms with van der Waals surface area (Å²) >= 11 is 0. The Kier molecular flexibility index (Phi) is 7.95. The van der Waals surface area contributed by atoms with Crippen molar-refractivity contribution in [2.75, 3.05) is 5.32 Å². The van der Waals surface area contributed by atoms with Gasteiger partial charge in [0.1, 0.15) is 0 Å². The highest BCUT2D eigenvalue weighted by Crippen LogP contribution is 2.19. The molecule has 2 aromatic rings. The summed E-state index contributed by atoms with van der Waals surface area (Å²) in [5.74, 6) is -0.421. The van der Waals surface area contributed by atoms with Gasteiger partial charge in [-0.2, -0.15) is 0 Å². The largest absolute Gasteiger partial charge is 0.354 e. The predicted molar refractivity (Wildman–Crippen MR) is 114 cm³/mol. The molecule has 2 rings (SSSR count). The highest BCUT2D eigenvalue weighted by atomic mass is 16.2. The van der Waals surface area contributed by atoms with E-state index in [-0.39, 0.29) is 30.2 Å². The third kappa shape index (κ3) is 7.78. The smallest absolute Gasteiger partial charge is 0.226 e. The molecule has 0 saturated carbocycles. The lowest BCUT2D eigenvalue weighted by atomic mass is 10.0. The second kappa shape index (κ2) is 10.4. The number of anilines is 1. The molecule has 0 radical (unpaired) electrons. The number of aryl methyl sites for hydroxylation is 1. The fraction of sp³-hybridized carbons (Fsp3) is 0.348. The Bertz CT molecular complexity index is 843. The molecule has 2 aromatic carbocycles. The number of benzene rings is 2. The molecule has 0 aliphatic rings. The van der Waals surface area contributed by atoms with Gasteiger partial charge < -0.3 is 16.0 Å². The van der Waals surface area contributed by atoms with Crippen LogP contribution >= 0.6 is 0 Å². The summed E-state index contributed by atoms with van der Waals surface area (Å²) in [6, 6.07) is 14.6. The summed E-state index contributed by atoms with van der Waals surface area (Å²) in [5.41, 5.74) is 3.51. The minimum Gasteiger partial charge on any atom is -0.354 e. The molecular formula is C23H29N3O3. The van der Waals surface area contributed by atoms with Gasteiger partial charge in [0.05, 0.1) is 18.9 Å². The van der Waals surface area contributed by atoms with E-state index in [4.69, 9.17) is 0 Å². The SMILES string of the molecule is CC(=O)NC(CC(=O)Nc1ccc(CC(=O)NC(C)C)cc1)c1ccc(C)cc1. The number of carbonyl (C=O) groups is 3. The standard InChI is InChI=1S/C23H29N3O3/c1-15(2)24-22(28)13-18-7-11-20(12-8-18)26-23(29)14-21(25-17(4)27)19-9-5-16(3)6-10-19/h5-12,15,21H,13-14H2,1-4H3,(H,24,28)(H,25,27)(H,26,29). The lowest BCUT2D eigenvalue weighted by Crippen LogP contribution is -2.31. The molecular weight excluding hydrogens is 366 g/mol. The lowest BCUT2D eigenvalue weighted by molar-refractivity contribution is -0.122. The molecule has 0 saturated heterocycles.